The summed E-state index contributed by atoms with van der Waals surface area (Å²) in [5.41, 5.74) is 2.77. The average Bonchev–Trinajstić information content (AvgIpc) is 2.76. The lowest BCUT2D eigenvalue weighted by Gasteiger charge is -2.13. The van der Waals surface area contributed by atoms with E-state index in [9.17, 15) is 14.4 Å². The smallest absolute Gasteiger partial charge is 0.339 e. The molecule has 0 aliphatic heterocycles. The summed E-state index contributed by atoms with van der Waals surface area (Å²) in [6.45, 7) is 3.17. The second kappa shape index (κ2) is 9.17. The molecule has 2 aromatic carbocycles. The number of carbonyl (C=O) groups is 3. The Labute approximate surface area is 174 Å². The molecule has 1 N–H and O–H groups in total. The summed E-state index contributed by atoms with van der Waals surface area (Å²) in [7, 11) is 1.43. The Morgan fingerprint density at radius 2 is 1.73 bits per heavy atom. The summed E-state index contributed by atoms with van der Waals surface area (Å²) < 4.78 is 10.3. The minimum atomic E-state index is -0.731. The van der Waals surface area contributed by atoms with E-state index in [1.54, 1.807) is 31.2 Å². The van der Waals surface area contributed by atoms with E-state index in [0.29, 0.717) is 34.2 Å². The molecule has 3 aromatic rings. The SMILES string of the molecule is CCc1nc2ccccc2c(C(=O)OCC(=O)NC(=O)c2ccccc2OC)c1C. The Balaban J connectivity index is 1.74. The second-order valence-corrected chi connectivity index (χ2v) is 6.58. The van der Waals surface area contributed by atoms with Crippen molar-refractivity contribution in [3.8, 4) is 5.75 Å². The van der Waals surface area contributed by atoms with Crippen LogP contribution in [0.1, 0.15) is 38.9 Å². The number of rotatable bonds is 6. The molecule has 0 fully saturated rings. The molecule has 0 unspecified atom stereocenters. The number of fused-ring (bicyclic) bond motifs is 1. The van der Waals surface area contributed by atoms with E-state index in [0.717, 1.165) is 5.69 Å². The largest absolute Gasteiger partial charge is 0.496 e. The predicted molar refractivity (Wildman–Crippen MR) is 112 cm³/mol. The number of methoxy groups -OCH3 is 1. The molecule has 0 saturated carbocycles. The molecule has 2 amide bonds. The molecule has 1 aromatic heterocycles. The topological polar surface area (TPSA) is 94.6 Å². The van der Waals surface area contributed by atoms with Gasteiger partial charge in [-0.25, -0.2) is 4.79 Å². The maximum atomic E-state index is 12.8. The molecule has 0 aliphatic carbocycles. The fraction of sp³-hybridized carbons (Fsp3) is 0.217. The van der Waals surface area contributed by atoms with E-state index in [4.69, 9.17) is 9.47 Å². The number of benzene rings is 2. The third kappa shape index (κ3) is 4.30. The van der Waals surface area contributed by atoms with Crippen LogP contribution in [0, 0.1) is 6.92 Å². The van der Waals surface area contributed by atoms with Crippen molar-refractivity contribution >= 4 is 28.7 Å². The molecule has 30 heavy (non-hydrogen) atoms. The first-order valence-corrected chi connectivity index (χ1v) is 9.48. The molecule has 0 atom stereocenters. The summed E-state index contributed by atoms with van der Waals surface area (Å²) in [4.78, 5) is 41.8. The van der Waals surface area contributed by atoms with Gasteiger partial charge in [0.2, 0.25) is 0 Å². The Kier molecular flexibility index (Phi) is 6.41. The summed E-state index contributed by atoms with van der Waals surface area (Å²) >= 11 is 0. The van der Waals surface area contributed by atoms with Gasteiger partial charge in [-0.3, -0.25) is 19.9 Å². The van der Waals surface area contributed by atoms with E-state index in [1.165, 1.54) is 13.2 Å². The number of hydrogen-bond donors (Lipinski definition) is 1. The molecule has 0 spiro atoms. The quantitative estimate of drug-likeness (QED) is 0.632. The summed E-state index contributed by atoms with van der Waals surface area (Å²) in [5, 5.41) is 2.86. The summed E-state index contributed by atoms with van der Waals surface area (Å²) in [6, 6.07) is 13.8. The molecule has 0 aliphatic rings. The zero-order chi connectivity index (χ0) is 21.7. The van der Waals surface area contributed by atoms with Gasteiger partial charge in [-0.2, -0.15) is 0 Å². The molecule has 0 saturated heterocycles. The van der Waals surface area contributed by atoms with Gasteiger partial charge in [0.05, 0.1) is 23.8 Å². The zero-order valence-corrected chi connectivity index (χ0v) is 17.0. The van der Waals surface area contributed by atoms with E-state index < -0.39 is 24.4 Å². The normalized spacial score (nSPS) is 10.5. The predicted octanol–water partition coefficient (Wildman–Crippen LogP) is 3.23. The van der Waals surface area contributed by atoms with Crippen LogP contribution >= 0.6 is 0 Å². The van der Waals surface area contributed by atoms with E-state index in [1.807, 2.05) is 25.1 Å². The number of pyridine rings is 1. The first kappa shape index (κ1) is 21.0. The third-order valence-electron chi connectivity index (χ3n) is 4.71. The number of aromatic nitrogens is 1. The van der Waals surface area contributed by atoms with Crippen LogP contribution in [0.3, 0.4) is 0 Å². The Bertz CT molecular complexity index is 1120. The summed E-state index contributed by atoms with van der Waals surface area (Å²) in [6.07, 6.45) is 0.658. The number of hydrogen-bond acceptors (Lipinski definition) is 6. The first-order valence-electron chi connectivity index (χ1n) is 9.48. The Morgan fingerprint density at radius 3 is 2.47 bits per heavy atom. The minimum Gasteiger partial charge on any atom is -0.496 e. The van der Waals surface area contributed by atoms with Gasteiger partial charge in [-0.1, -0.05) is 37.3 Å². The van der Waals surface area contributed by atoms with Gasteiger partial charge in [0.25, 0.3) is 11.8 Å². The lowest BCUT2D eigenvalue weighted by atomic mass is 10.0. The first-order chi connectivity index (χ1) is 14.5. The molecular weight excluding hydrogens is 384 g/mol. The monoisotopic (exact) mass is 406 g/mol. The van der Waals surface area contributed by atoms with Crippen LogP contribution in [-0.2, 0) is 16.0 Å². The van der Waals surface area contributed by atoms with E-state index >= 15 is 0 Å². The number of amides is 2. The van der Waals surface area contributed by atoms with Crippen LogP contribution in [0.5, 0.6) is 5.75 Å². The third-order valence-corrected chi connectivity index (χ3v) is 4.71. The van der Waals surface area contributed by atoms with Crippen LogP contribution in [0.4, 0.5) is 0 Å². The number of imide groups is 1. The van der Waals surface area contributed by atoms with Gasteiger partial charge in [0.1, 0.15) is 5.75 Å². The lowest BCUT2D eigenvalue weighted by Crippen LogP contribution is -2.34. The lowest BCUT2D eigenvalue weighted by molar-refractivity contribution is -0.123. The number of aryl methyl sites for hydroxylation is 1. The highest BCUT2D eigenvalue weighted by atomic mass is 16.5. The highest BCUT2D eigenvalue weighted by molar-refractivity contribution is 6.08. The molecule has 0 bridgehead atoms. The standard InChI is InChI=1S/C23H22N2O5/c1-4-17-14(2)21(15-9-5-7-11-18(15)24-17)23(28)30-13-20(26)25-22(27)16-10-6-8-12-19(16)29-3/h5-12H,4,13H2,1-3H3,(H,25,26,27). The Hall–Kier alpha value is -3.74. The highest BCUT2D eigenvalue weighted by Gasteiger charge is 2.21. The number of nitrogens with zero attached hydrogens (tertiary/aromatic N) is 1. The number of para-hydroxylation sites is 2. The molecule has 7 nitrogen and oxygen atoms in total. The molecule has 154 valence electrons. The minimum absolute atomic E-state index is 0.211. The van der Waals surface area contributed by atoms with Gasteiger partial charge in [-0.15, -0.1) is 0 Å². The second-order valence-electron chi connectivity index (χ2n) is 6.58. The molecule has 7 heteroatoms. The van der Waals surface area contributed by atoms with Crippen molar-refractivity contribution in [3.05, 3.63) is 70.9 Å². The highest BCUT2D eigenvalue weighted by Crippen LogP contribution is 2.24. The van der Waals surface area contributed by atoms with Crippen LogP contribution in [0.2, 0.25) is 0 Å². The fourth-order valence-corrected chi connectivity index (χ4v) is 3.23. The van der Waals surface area contributed by atoms with E-state index in [2.05, 4.69) is 10.3 Å². The molecule has 1 heterocycles. The number of ether oxygens (including phenoxy) is 2. The van der Waals surface area contributed by atoms with Crippen LogP contribution < -0.4 is 10.1 Å². The maximum Gasteiger partial charge on any atom is 0.339 e. The zero-order valence-electron chi connectivity index (χ0n) is 17.0. The van der Waals surface area contributed by atoms with Crippen LogP contribution in [0.15, 0.2) is 48.5 Å². The van der Waals surface area contributed by atoms with Crippen molar-refractivity contribution in [1.29, 1.82) is 0 Å². The van der Waals surface area contributed by atoms with Crippen molar-refractivity contribution in [2.24, 2.45) is 0 Å². The maximum absolute atomic E-state index is 12.8. The van der Waals surface area contributed by atoms with Gasteiger partial charge >= 0.3 is 5.97 Å². The van der Waals surface area contributed by atoms with Gasteiger partial charge in [0.15, 0.2) is 6.61 Å². The van der Waals surface area contributed by atoms with Crippen molar-refractivity contribution in [2.45, 2.75) is 20.3 Å². The fourth-order valence-electron chi connectivity index (χ4n) is 3.23. The molecule has 0 radical (unpaired) electrons. The average molecular weight is 406 g/mol. The van der Waals surface area contributed by atoms with Crippen molar-refractivity contribution in [2.75, 3.05) is 13.7 Å². The molecular formula is C23H22N2O5. The van der Waals surface area contributed by atoms with Crippen LogP contribution in [0.25, 0.3) is 10.9 Å². The Morgan fingerprint density at radius 1 is 1.03 bits per heavy atom. The van der Waals surface area contributed by atoms with Crippen molar-refractivity contribution in [3.63, 3.8) is 0 Å². The van der Waals surface area contributed by atoms with E-state index in [-0.39, 0.29) is 5.56 Å². The van der Waals surface area contributed by atoms with Crippen LogP contribution in [-0.4, -0.2) is 36.5 Å². The van der Waals surface area contributed by atoms with Gasteiger partial charge in [-0.05, 0) is 37.1 Å². The molecule has 3 rings (SSSR count). The number of esters is 1. The number of nitrogens with one attached hydrogen (secondary N) is 1. The van der Waals surface area contributed by atoms with Gasteiger partial charge in [0, 0.05) is 11.1 Å². The number of carbonyl (C=O) groups excluding carboxylic acids is 3. The summed E-state index contributed by atoms with van der Waals surface area (Å²) in [5.74, 6) is -1.66. The van der Waals surface area contributed by atoms with Crippen molar-refractivity contribution in [1.82, 2.24) is 10.3 Å². The van der Waals surface area contributed by atoms with Crippen molar-refractivity contribution < 1.29 is 23.9 Å². The van der Waals surface area contributed by atoms with Gasteiger partial charge < -0.3 is 9.47 Å².